The van der Waals surface area contributed by atoms with Crippen LogP contribution in [0.15, 0.2) is 52.9 Å². The third-order valence-electron chi connectivity index (χ3n) is 3.14. The molecule has 0 saturated carbocycles. The Kier molecular flexibility index (Phi) is 3.92. The van der Waals surface area contributed by atoms with Gasteiger partial charge in [-0.05, 0) is 36.4 Å². The van der Waals surface area contributed by atoms with Crippen LogP contribution in [-0.2, 0) is 0 Å². The van der Waals surface area contributed by atoms with E-state index < -0.39 is 0 Å². The van der Waals surface area contributed by atoms with Crippen molar-refractivity contribution in [3.63, 3.8) is 0 Å². The van der Waals surface area contributed by atoms with E-state index >= 15 is 0 Å². The average molecular weight is 311 g/mol. The van der Waals surface area contributed by atoms with E-state index in [4.69, 9.17) is 14.9 Å². The van der Waals surface area contributed by atoms with Gasteiger partial charge in [0, 0.05) is 0 Å². The Morgan fingerprint density at radius 1 is 1.22 bits per heavy atom. The van der Waals surface area contributed by atoms with E-state index in [0.29, 0.717) is 22.4 Å². The lowest BCUT2D eigenvalue weighted by Gasteiger charge is -2.01. The molecule has 23 heavy (non-hydrogen) atoms. The standard InChI is InChI=1S/C16H14N4O3/c1-22-11-8-6-10(7-9-11)14(21)19-15(17)20-16-18-12-4-2-3-5-13(12)23-16/h2-9H,1H3,(H3,17,18,19,20,21)/p+1. The third kappa shape index (κ3) is 3.29. The molecule has 0 radical (unpaired) electrons. The number of carbonyl (C=O) groups excluding carboxylic acids is 1. The molecule has 1 aromatic heterocycles. The molecule has 116 valence electrons. The van der Waals surface area contributed by atoms with Gasteiger partial charge in [0.1, 0.15) is 5.75 Å². The average Bonchev–Trinajstić information content (AvgIpc) is 2.96. The third-order valence-corrected chi connectivity index (χ3v) is 3.14. The zero-order valence-electron chi connectivity index (χ0n) is 12.4. The quantitative estimate of drug-likeness (QED) is 0.476. The van der Waals surface area contributed by atoms with Gasteiger partial charge in [-0.2, -0.15) is 0 Å². The molecule has 0 bridgehead atoms. The maximum Gasteiger partial charge on any atom is 0.406 e. The van der Waals surface area contributed by atoms with Crippen molar-refractivity contribution >= 4 is 29.0 Å². The van der Waals surface area contributed by atoms with Crippen molar-refractivity contribution in [2.45, 2.75) is 0 Å². The summed E-state index contributed by atoms with van der Waals surface area (Å²) in [7, 11) is 1.56. The highest BCUT2D eigenvalue weighted by atomic mass is 16.5. The fourth-order valence-electron chi connectivity index (χ4n) is 2.01. The minimum atomic E-state index is -0.353. The van der Waals surface area contributed by atoms with Crippen molar-refractivity contribution in [1.82, 2.24) is 10.3 Å². The molecule has 3 rings (SSSR count). The molecule has 0 saturated heterocycles. The topological polar surface area (TPSA) is 104 Å². The van der Waals surface area contributed by atoms with Crippen LogP contribution in [0.4, 0.5) is 6.01 Å². The van der Waals surface area contributed by atoms with Crippen LogP contribution in [0.5, 0.6) is 5.75 Å². The summed E-state index contributed by atoms with van der Waals surface area (Å²) in [4.78, 5) is 19.0. The van der Waals surface area contributed by atoms with E-state index in [2.05, 4.69) is 15.3 Å². The summed E-state index contributed by atoms with van der Waals surface area (Å²) in [5.74, 6) is 0.342. The lowest BCUT2D eigenvalue weighted by atomic mass is 10.2. The Bertz CT molecular complexity index is 835. The first-order valence-corrected chi connectivity index (χ1v) is 6.86. The number of nitrogens with zero attached hydrogens (tertiary/aromatic N) is 1. The second-order valence-electron chi connectivity index (χ2n) is 4.71. The van der Waals surface area contributed by atoms with E-state index in [1.165, 1.54) is 0 Å². The van der Waals surface area contributed by atoms with Crippen LogP contribution in [0.1, 0.15) is 10.4 Å². The van der Waals surface area contributed by atoms with Crippen LogP contribution in [-0.4, -0.2) is 24.0 Å². The van der Waals surface area contributed by atoms with Crippen LogP contribution in [0, 0.1) is 0 Å². The lowest BCUT2D eigenvalue weighted by Crippen LogP contribution is -2.74. The highest BCUT2D eigenvalue weighted by Gasteiger charge is 2.13. The number of nitrogens with two attached hydrogens (primary N) is 1. The van der Waals surface area contributed by atoms with Gasteiger partial charge in [-0.25, -0.2) is 10.3 Å². The molecular formula is C16H15N4O3+. The first kappa shape index (κ1) is 14.6. The van der Waals surface area contributed by atoms with Gasteiger partial charge in [-0.15, -0.1) is 0 Å². The van der Waals surface area contributed by atoms with E-state index in [9.17, 15) is 4.79 Å². The first-order chi connectivity index (χ1) is 11.2. The molecule has 7 heteroatoms. The molecule has 4 N–H and O–H groups in total. The largest absolute Gasteiger partial charge is 0.497 e. The second kappa shape index (κ2) is 6.18. The summed E-state index contributed by atoms with van der Waals surface area (Å²) in [5, 5.41) is 2.53. The number of hydrogen-bond acceptors (Lipinski definition) is 4. The van der Waals surface area contributed by atoms with Gasteiger partial charge in [-0.1, -0.05) is 17.1 Å². The Labute approximate surface area is 131 Å². The number of methoxy groups -OCH3 is 1. The highest BCUT2D eigenvalue weighted by molar-refractivity contribution is 6.03. The molecule has 1 amide bonds. The summed E-state index contributed by atoms with van der Waals surface area (Å²) in [6, 6.07) is 14.2. The monoisotopic (exact) mass is 311 g/mol. The molecule has 7 nitrogen and oxygen atoms in total. The smallest absolute Gasteiger partial charge is 0.406 e. The number of para-hydroxylation sites is 2. The summed E-state index contributed by atoms with van der Waals surface area (Å²) in [6.45, 7) is 0. The van der Waals surface area contributed by atoms with Crippen molar-refractivity contribution in [2.24, 2.45) is 5.73 Å². The number of benzene rings is 2. The molecule has 0 aliphatic carbocycles. The molecule has 0 unspecified atom stereocenters. The van der Waals surface area contributed by atoms with Crippen LogP contribution >= 0.6 is 0 Å². The Morgan fingerprint density at radius 2 is 1.96 bits per heavy atom. The summed E-state index contributed by atoms with van der Waals surface area (Å²) in [5.41, 5.74) is 7.55. The van der Waals surface area contributed by atoms with Crippen molar-refractivity contribution in [2.75, 3.05) is 7.11 Å². The Morgan fingerprint density at radius 3 is 2.65 bits per heavy atom. The molecule has 0 aliphatic heterocycles. The SMILES string of the molecule is COc1ccc(C(=O)NC(N)=[NH+]c2nc3ccccc3o2)cc1. The first-order valence-electron chi connectivity index (χ1n) is 6.86. The van der Waals surface area contributed by atoms with Crippen molar-refractivity contribution in [3.05, 3.63) is 54.1 Å². The summed E-state index contributed by atoms with van der Waals surface area (Å²) in [6.07, 6.45) is 0. The van der Waals surface area contributed by atoms with Crippen LogP contribution < -0.4 is 20.8 Å². The summed E-state index contributed by atoms with van der Waals surface area (Å²) < 4.78 is 10.5. The number of rotatable bonds is 3. The lowest BCUT2D eigenvalue weighted by molar-refractivity contribution is -0.381. The number of ether oxygens (including phenoxy) is 1. The number of amides is 1. The molecule has 0 aliphatic rings. The molecule has 3 aromatic rings. The van der Waals surface area contributed by atoms with Crippen LogP contribution in [0.3, 0.4) is 0 Å². The molecule has 1 heterocycles. The molecule has 0 atom stereocenters. The second-order valence-corrected chi connectivity index (χ2v) is 4.71. The predicted octanol–water partition coefficient (Wildman–Crippen LogP) is 0.293. The van der Waals surface area contributed by atoms with E-state index in [1.54, 1.807) is 37.4 Å². The molecule has 0 fully saturated rings. The van der Waals surface area contributed by atoms with Crippen LogP contribution in [0.2, 0.25) is 0 Å². The van der Waals surface area contributed by atoms with E-state index in [1.807, 2.05) is 18.2 Å². The number of carbonyl (C=O) groups is 1. The Balaban J connectivity index is 1.74. The van der Waals surface area contributed by atoms with E-state index in [-0.39, 0.29) is 17.9 Å². The van der Waals surface area contributed by atoms with Crippen LogP contribution in [0.25, 0.3) is 11.1 Å². The minimum absolute atomic E-state index is 0.0253. The number of fused-ring (bicyclic) bond motifs is 1. The van der Waals surface area contributed by atoms with Crippen molar-refractivity contribution < 1.29 is 18.9 Å². The molecule has 0 spiro atoms. The normalized spacial score (nSPS) is 11.4. The van der Waals surface area contributed by atoms with E-state index in [0.717, 1.165) is 0 Å². The summed E-state index contributed by atoms with van der Waals surface area (Å²) >= 11 is 0. The zero-order chi connectivity index (χ0) is 16.2. The minimum Gasteiger partial charge on any atom is -0.497 e. The fourth-order valence-corrected chi connectivity index (χ4v) is 2.01. The van der Waals surface area contributed by atoms with Gasteiger partial charge in [-0.3, -0.25) is 4.79 Å². The molecular weight excluding hydrogens is 296 g/mol. The number of guanidine groups is 1. The number of aromatic nitrogens is 1. The highest BCUT2D eigenvalue weighted by Crippen LogP contribution is 2.14. The number of nitrogens with one attached hydrogen (secondary N) is 2. The van der Waals surface area contributed by atoms with Gasteiger partial charge in [0.15, 0.2) is 11.1 Å². The van der Waals surface area contributed by atoms with Crippen molar-refractivity contribution in [3.8, 4) is 5.75 Å². The fraction of sp³-hybridized carbons (Fsp3) is 0.0625. The predicted molar refractivity (Wildman–Crippen MR) is 84.3 cm³/mol. The number of oxazole rings is 1. The van der Waals surface area contributed by atoms with Gasteiger partial charge in [0.25, 0.3) is 5.91 Å². The van der Waals surface area contributed by atoms with Gasteiger partial charge in [0.2, 0.25) is 0 Å². The van der Waals surface area contributed by atoms with Gasteiger partial charge in [0.05, 0.1) is 12.7 Å². The number of hydrogen-bond donors (Lipinski definition) is 3. The van der Waals surface area contributed by atoms with Gasteiger partial charge < -0.3 is 14.9 Å². The maximum absolute atomic E-state index is 12.1. The Hall–Kier alpha value is -3.35. The molecule has 2 aromatic carbocycles. The van der Waals surface area contributed by atoms with Gasteiger partial charge >= 0.3 is 12.0 Å². The maximum atomic E-state index is 12.1. The zero-order valence-corrected chi connectivity index (χ0v) is 12.4. The van der Waals surface area contributed by atoms with Crippen molar-refractivity contribution in [1.29, 1.82) is 0 Å².